The fourth-order valence-electron chi connectivity index (χ4n) is 2.66. The standard InChI is InChI=1S/C16H22FNO3/c17-15-11-14(4-3-13(15)10-16(19)20)21-9-1-2-12-5-7-18-8-6-12/h3-4,11-12,18H,1-2,5-10H2,(H,19,20). The molecule has 1 saturated heterocycles. The van der Waals surface area contributed by atoms with Crippen molar-refractivity contribution in [2.45, 2.75) is 32.1 Å². The van der Waals surface area contributed by atoms with Gasteiger partial charge in [0.2, 0.25) is 0 Å². The van der Waals surface area contributed by atoms with Gasteiger partial charge < -0.3 is 15.2 Å². The maximum Gasteiger partial charge on any atom is 0.307 e. The number of ether oxygens (including phenoxy) is 1. The summed E-state index contributed by atoms with van der Waals surface area (Å²) in [7, 11) is 0. The maximum atomic E-state index is 13.7. The van der Waals surface area contributed by atoms with Crippen LogP contribution in [-0.2, 0) is 11.2 Å². The van der Waals surface area contributed by atoms with Crippen molar-refractivity contribution in [1.82, 2.24) is 5.32 Å². The van der Waals surface area contributed by atoms with Gasteiger partial charge in [-0.05, 0) is 56.3 Å². The Morgan fingerprint density at radius 3 is 2.81 bits per heavy atom. The van der Waals surface area contributed by atoms with Gasteiger partial charge in [-0.15, -0.1) is 0 Å². The van der Waals surface area contributed by atoms with Gasteiger partial charge in [0.1, 0.15) is 11.6 Å². The lowest BCUT2D eigenvalue weighted by Gasteiger charge is -2.22. The topological polar surface area (TPSA) is 58.6 Å². The molecule has 0 aliphatic carbocycles. The predicted octanol–water partition coefficient (Wildman–Crippen LogP) is 2.61. The van der Waals surface area contributed by atoms with Crippen LogP contribution in [0.4, 0.5) is 4.39 Å². The molecule has 4 nitrogen and oxygen atoms in total. The molecule has 0 radical (unpaired) electrons. The SMILES string of the molecule is O=C(O)Cc1ccc(OCCCC2CCNCC2)cc1F. The maximum absolute atomic E-state index is 13.7. The van der Waals surface area contributed by atoms with Gasteiger partial charge in [0.15, 0.2) is 0 Å². The molecule has 0 aromatic heterocycles. The molecule has 0 unspecified atom stereocenters. The minimum Gasteiger partial charge on any atom is -0.493 e. The summed E-state index contributed by atoms with van der Waals surface area (Å²) in [5.74, 6) is -0.325. The number of carboxylic acids is 1. The highest BCUT2D eigenvalue weighted by molar-refractivity contribution is 5.70. The van der Waals surface area contributed by atoms with E-state index in [1.165, 1.54) is 25.0 Å². The molecule has 21 heavy (non-hydrogen) atoms. The normalized spacial score (nSPS) is 15.9. The lowest BCUT2D eigenvalue weighted by molar-refractivity contribution is -0.136. The Hall–Kier alpha value is -1.62. The highest BCUT2D eigenvalue weighted by Crippen LogP contribution is 2.20. The van der Waals surface area contributed by atoms with Crippen LogP contribution >= 0.6 is 0 Å². The van der Waals surface area contributed by atoms with Gasteiger partial charge in [-0.1, -0.05) is 6.07 Å². The van der Waals surface area contributed by atoms with Crippen molar-refractivity contribution < 1.29 is 19.0 Å². The van der Waals surface area contributed by atoms with Gasteiger partial charge in [0.05, 0.1) is 13.0 Å². The largest absolute Gasteiger partial charge is 0.493 e. The first kappa shape index (κ1) is 15.8. The third-order valence-electron chi connectivity index (χ3n) is 3.85. The first-order valence-corrected chi connectivity index (χ1v) is 7.49. The van der Waals surface area contributed by atoms with Crippen LogP contribution < -0.4 is 10.1 Å². The second-order valence-corrected chi connectivity index (χ2v) is 5.51. The Morgan fingerprint density at radius 2 is 2.14 bits per heavy atom. The molecule has 5 heteroatoms. The van der Waals surface area contributed by atoms with E-state index < -0.39 is 11.8 Å². The summed E-state index contributed by atoms with van der Waals surface area (Å²) in [6, 6.07) is 4.38. The zero-order valence-corrected chi connectivity index (χ0v) is 12.1. The van der Waals surface area contributed by atoms with E-state index in [0.717, 1.165) is 31.8 Å². The number of aliphatic carboxylic acids is 1. The molecular formula is C16H22FNO3. The summed E-state index contributed by atoms with van der Waals surface area (Å²) in [5.41, 5.74) is 0.185. The number of hydrogen-bond acceptors (Lipinski definition) is 3. The van der Waals surface area contributed by atoms with Gasteiger partial charge in [0, 0.05) is 6.07 Å². The quantitative estimate of drug-likeness (QED) is 0.759. The smallest absolute Gasteiger partial charge is 0.307 e. The Balaban J connectivity index is 1.72. The summed E-state index contributed by atoms with van der Waals surface area (Å²) in [6.07, 6.45) is 4.24. The Bertz CT molecular complexity index is 473. The molecule has 2 rings (SSSR count). The second-order valence-electron chi connectivity index (χ2n) is 5.51. The molecule has 0 saturated carbocycles. The molecule has 0 bridgehead atoms. The molecule has 1 aromatic carbocycles. The van der Waals surface area contributed by atoms with Gasteiger partial charge in [0.25, 0.3) is 0 Å². The van der Waals surface area contributed by atoms with Crippen molar-refractivity contribution >= 4 is 5.97 Å². The van der Waals surface area contributed by atoms with E-state index in [1.807, 2.05) is 0 Å². The molecule has 2 N–H and O–H groups in total. The number of carbonyl (C=O) groups is 1. The Labute approximate surface area is 124 Å². The fraction of sp³-hybridized carbons (Fsp3) is 0.562. The minimum absolute atomic E-state index is 0.185. The van der Waals surface area contributed by atoms with Gasteiger partial charge in [-0.2, -0.15) is 0 Å². The van der Waals surface area contributed by atoms with E-state index >= 15 is 0 Å². The number of rotatable bonds is 7. The summed E-state index contributed by atoms with van der Waals surface area (Å²) in [4.78, 5) is 10.6. The lowest BCUT2D eigenvalue weighted by atomic mass is 9.93. The number of piperidine rings is 1. The fourth-order valence-corrected chi connectivity index (χ4v) is 2.66. The first-order valence-electron chi connectivity index (χ1n) is 7.49. The number of carboxylic acid groups (broad SMARTS) is 1. The van der Waals surface area contributed by atoms with Crippen LogP contribution in [0.3, 0.4) is 0 Å². The van der Waals surface area contributed by atoms with Crippen LogP contribution in [0.5, 0.6) is 5.75 Å². The third-order valence-corrected chi connectivity index (χ3v) is 3.85. The average molecular weight is 295 g/mol. The third kappa shape index (κ3) is 5.34. The van der Waals surface area contributed by atoms with Crippen LogP contribution in [0, 0.1) is 11.7 Å². The Morgan fingerprint density at radius 1 is 1.38 bits per heavy atom. The average Bonchev–Trinajstić information content (AvgIpc) is 2.47. The van der Waals surface area contributed by atoms with Crippen molar-refractivity contribution in [2.75, 3.05) is 19.7 Å². The predicted molar refractivity (Wildman–Crippen MR) is 78.1 cm³/mol. The summed E-state index contributed by atoms with van der Waals surface area (Å²) < 4.78 is 19.2. The number of hydrogen-bond donors (Lipinski definition) is 2. The van der Waals surface area contributed by atoms with Crippen LogP contribution in [0.1, 0.15) is 31.2 Å². The molecule has 1 fully saturated rings. The highest BCUT2D eigenvalue weighted by Gasteiger charge is 2.12. The van der Waals surface area contributed by atoms with E-state index in [2.05, 4.69) is 5.32 Å². The van der Waals surface area contributed by atoms with Crippen molar-refractivity contribution in [3.05, 3.63) is 29.6 Å². The molecule has 0 spiro atoms. The second kappa shape index (κ2) is 7.98. The van der Waals surface area contributed by atoms with E-state index in [0.29, 0.717) is 12.4 Å². The van der Waals surface area contributed by atoms with E-state index in [4.69, 9.17) is 9.84 Å². The molecule has 1 heterocycles. The number of halogens is 1. The molecule has 1 aromatic rings. The van der Waals surface area contributed by atoms with Crippen molar-refractivity contribution in [3.8, 4) is 5.75 Å². The molecular weight excluding hydrogens is 273 g/mol. The number of benzene rings is 1. The van der Waals surface area contributed by atoms with Gasteiger partial charge in [-0.3, -0.25) is 4.79 Å². The van der Waals surface area contributed by atoms with Gasteiger partial charge >= 0.3 is 5.97 Å². The van der Waals surface area contributed by atoms with Crippen molar-refractivity contribution in [1.29, 1.82) is 0 Å². The lowest BCUT2D eigenvalue weighted by Crippen LogP contribution is -2.27. The Kier molecular flexibility index (Phi) is 5.99. The summed E-state index contributed by atoms with van der Waals surface area (Å²) >= 11 is 0. The molecule has 116 valence electrons. The summed E-state index contributed by atoms with van der Waals surface area (Å²) in [5, 5.41) is 12.0. The van der Waals surface area contributed by atoms with Crippen molar-refractivity contribution in [3.63, 3.8) is 0 Å². The molecule has 0 atom stereocenters. The van der Waals surface area contributed by atoms with E-state index in [-0.39, 0.29) is 12.0 Å². The van der Waals surface area contributed by atoms with Crippen LogP contribution in [0.25, 0.3) is 0 Å². The molecule has 1 aliphatic heterocycles. The molecule has 1 aliphatic rings. The van der Waals surface area contributed by atoms with Crippen LogP contribution in [0.15, 0.2) is 18.2 Å². The van der Waals surface area contributed by atoms with Crippen LogP contribution in [0.2, 0.25) is 0 Å². The van der Waals surface area contributed by atoms with Crippen molar-refractivity contribution in [2.24, 2.45) is 5.92 Å². The molecule has 0 amide bonds. The minimum atomic E-state index is -1.04. The monoisotopic (exact) mass is 295 g/mol. The zero-order valence-electron chi connectivity index (χ0n) is 12.1. The number of nitrogens with one attached hydrogen (secondary N) is 1. The highest BCUT2D eigenvalue weighted by atomic mass is 19.1. The van der Waals surface area contributed by atoms with E-state index in [1.54, 1.807) is 6.07 Å². The van der Waals surface area contributed by atoms with Crippen LogP contribution in [-0.4, -0.2) is 30.8 Å². The summed E-state index contributed by atoms with van der Waals surface area (Å²) in [6.45, 7) is 2.77. The zero-order chi connectivity index (χ0) is 15.1. The van der Waals surface area contributed by atoms with E-state index in [9.17, 15) is 9.18 Å². The first-order chi connectivity index (χ1) is 10.1. The van der Waals surface area contributed by atoms with Gasteiger partial charge in [-0.25, -0.2) is 4.39 Å².